The third-order valence-electron chi connectivity index (χ3n) is 4.92. The lowest BCUT2D eigenvalue weighted by atomic mass is 10.0. The fourth-order valence-corrected chi connectivity index (χ4v) is 5.05. The fourth-order valence-electron chi connectivity index (χ4n) is 3.13. The Morgan fingerprint density at radius 1 is 1.17 bits per heavy atom. The molecular formula is C23H23N3O2S2. The van der Waals surface area contributed by atoms with Crippen LogP contribution in [0.15, 0.2) is 52.0 Å². The Hall–Kier alpha value is -2.64. The summed E-state index contributed by atoms with van der Waals surface area (Å²) in [6.45, 7) is 6.80. The number of hydrogen-bond donors (Lipinski definition) is 1. The van der Waals surface area contributed by atoms with Gasteiger partial charge in [0.1, 0.15) is 16.2 Å². The van der Waals surface area contributed by atoms with E-state index in [1.807, 2.05) is 6.92 Å². The van der Waals surface area contributed by atoms with Gasteiger partial charge in [-0.2, -0.15) is 0 Å². The van der Waals surface area contributed by atoms with Crippen LogP contribution in [0.2, 0.25) is 0 Å². The third kappa shape index (κ3) is 4.27. The zero-order valence-electron chi connectivity index (χ0n) is 17.2. The van der Waals surface area contributed by atoms with Crippen LogP contribution < -0.4 is 10.2 Å². The summed E-state index contributed by atoms with van der Waals surface area (Å²) in [6.07, 6.45) is 4.12. The van der Waals surface area contributed by atoms with Gasteiger partial charge in [0, 0.05) is 34.7 Å². The van der Waals surface area contributed by atoms with E-state index in [0.29, 0.717) is 18.1 Å². The van der Waals surface area contributed by atoms with Crippen LogP contribution in [0.5, 0.6) is 5.75 Å². The first-order valence-electron chi connectivity index (χ1n) is 9.84. The number of ether oxygens (including phenoxy) is 1. The Morgan fingerprint density at radius 3 is 2.80 bits per heavy atom. The van der Waals surface area contributed by atoms with Crippen LogP contribution in [-0.4, -0.2) is 21.6 Å². The first-order valence-corrected chi connectivity index (χ1v) is 11.7. The monoisotopic (exact) mass is 437 g/mol. The number of thioether (sulfide) groups is 1. The lowest BCUT2D eigenvalue weighted by molar-refractivity contribution is 0.313. The topological polar surface area (TPSA) is 67.9 Å². The van der Waals surface area contributed by atoms with E-state index in [1.54, 1.807) is 41.7 Å². The van der Waals surface area contributed by atoms with Crippen molar-refractivity contribution >= 4 is 33.3 Å². The summed E-state index contributed by atoms with van der Waals surface area (Å²) in [5.74, 6) is 0.974. The second kappa shape index (κ2) is 9.02. The zero-order chi connectivity index (χ0) is 21.1. The Morgan fingerprint density at radius 2 is 2.03 bits per heavy atom. The van der Waals surface area contributed by atoms with E-state index in [9.17, 15) is 4.79 Å². The molecule has 0 aliphatic carbocycles. The second-order valence-electron chi connectivity index (χ2n) is 7.13. The summed E-state index contributed by atoms with van der Waals surface area (Å²) in [4.78, 5) is 25.4. The fraction of sp³-hybridized carbons (Fsp3) is 0.261. The van der Waals surface area contributed by atoms with Crippen LogP contribution in [0.4, 0.5) is 0 Å². The number of aryl methyl sites for hydroxylation is 2. The molecule has 1 aromatic carbocycles. The molecule has 0 saturated heterocycles. The van der Waals surface area contributed by atoms with Gasteiger partial charge in [-0.25, -0.2) is 9.97 Å². The summed E-state index contributed by atoms with van der Waals surface area (Å²) in [7, 11) is 0. The molecule has 0 amide bonds. The lowest BCUT2D eigenvalue weighted by Gasteiger charge is -2.08. The smallest absolute Gasteiger partial charge is 0.223 e. The van der Waals surface area contributed by atoms with Crippen molar-refractivity contribution in [1.82, 2.24) is 15.0 Å². The van der Waals surface area contributed by atoms with Crippen molar-refractivity contribution in [3.8, 4) is 16.9 Å². The SMILES string of the molecule is CCCOc1c[nH]c(CSc2ncnc3scc(-c4ccc(C)c(C)c4)c23)cc1=O. The minimum atomic E-state index is -0.100. The minimum absolute atomic E-state index is 0.100. The van der Waals surface area contributed by atoms with E-state index in [1.165, 1.54) is 16.7 Å². The highest BCUT2D eigenvalue weighted by Crippen LogP contribution is 2.38. The molecule has 4 aromatic rings. The lowest BCUT2D eigenvalue weighted by Crippen LogP contribution is -2.09. The standard InChI is InChI=1S/C23H23N3O2S2/c1-4-7-28-20-10-24-17(9-19(20)27)11-29-22-21-18(12-30-23(21)26-13-25-22)16-6-5-14(2)15(3)8-16/h5-6,8-10,12-13H,4,7,11H2,1-3H3,(H,24,27). The van der Waals surface area contributed by atoms with Crippen LogP contribution in [0.3, 0.4) is 0 Å². The van der Waals surface area contributed by atoms with Gasteiger partial charge in [-0.3, -0.25) is 4.79 Å². The number of hydrogen-bond acceptors (Lipinski definition) is 6. The van der Waals surface area contributed by atoms with Gasteiger partial charge in [0.15, 0.2) is 5.75 Å². The van der Waals surface area contributed by atoms with Crippen molar-refractivity contribution in [1.29, 1.82) is 0 Å². The highest BCUT2D eigenvalue weighted by molar-refractivity contribution is 7.98. The van der Waals surface area contributed by atoms with E-state index in [4.69, 9.17) is 4.74 Å². The van der Waals surface area contributed by atoms with Crippen molar-refractivity contribution in [3.05, 3.63) is 69.2 Å². The Balaban J connectivity index is 1.62. The number of fused-ring (bicyclic) bond motifs is 1. The van der Waals surface area contributed by atoms with Gasteiger partial charge in [-0.05, 0) is 37.0 Å². The average molecular weight is 438 g/mol. The Bertz CT molecular complexity index is 1250. The third-order valence-corrected chi connectivity index (χ3v) is 6.84. The van der Waals surface area contributed by atoms with Crippen molar-refractivity contribution in [2.45, 2.75) is 38.0 Å². The van der Waals surface area contributed by atoms with Crippen LogP contribution in [0.25, 0.3) is 21.3 Å². The van der Waals surface area contributed by atoms with Gasteiger partial charge in [0.25, 0.3) is 0 Å². The van der Waals surface area contributed by atoms with E-state index in [-0.39, 0.29) is 5.43 Å². The summed E-state index contributed by atoms with van der Waals surface area (Å²) >= 11 is 3.23. The molecule has 3 aromatic heterocycles. The molecule has 0 atom stereocenters. The molecular weight excluding hydrogens is 414 g/mol. The number of thiophene rings is 1. The molecule has 4 rings (SSSR count). The number of aromatic nitrogens is 3. The predicted octanol–water partition coefficient (Wildman–Crippen LogP) is 5.74. The quantitative estimate of drug-likeness (QED) is 0.295. The van der Waals surface area contributed by atoms with Crippen molar-refractivity contribution < 1.29 is 4.74 Å². The van der Waals surface area contributed by atoms with Gasteiger partial charge in [0.2, 0.25) is 5.43 Å². The molecule has 0 unspecified atom stereocenters. The van der Waals surface area contributed by atoms with Crippen LogP contribution in [0.1, 0.15) is 30.2 Å². The average Bonchev–Trinajstić information content (AvgIpc) is 3.18. The molecule has 0 spiro atoms. The van der Waals surface area contributed by atoms with Gasteiger partial charge >= 0.3 is 0 Å². The summed E-state index contributed by atoms with van der Waals surface area (Å²) < 4.78 is 5.46. The minimum Gasteiger partial charge on any atom is -0.488 e. The maximum Gasteiger partial charge on any atom is 0.223 e. The summed E-state index contributed by atoms with van der Waals surface area (Å²) in [5, 5.41) is 4.14. The first kappa shape index (κ1) is 20.6. The number of pyridine rings is 1. The maximum atomic E-state index is 12.2. The molecule has 0 aliphatic rings. The number of benzene rings is 1. The van der Waals surface area contributed by atoms with Gasteiger partial charge < -0.3 is 9.72 Å². The number of rotatable bonds is 7. The molecule has 5 nitrogen and oxygen atoms in total. The zero-order valence-corrected chi connectivity index (χ0v) is 18.8. The van der Waals surface area contributed by atoms with E-state index in [0.717, 1.165) is 32.9 Å². The number of aromatic amines is 1. The molecule has 3 heterocycles. The van der Waals surface area contributed by atoms with Gasteiger partial charge in [0.05, 0.1) is 12.0 Å². The van der Waals surface area contributed by atoms with Crippen molar-refractivity contribution in [3.63, 3.8) is 0 Å². The number of nitrogens with one attached hydrogen (secondary N) is 1. The molecule has 0 radical (unpaired) electrons. The highest BCUT2D eigenvalue weighted by Gasteiger charge is 2.14. The summed E-state index contributed by atoms with van der Waals surface area (Å²) in [6, 6.07) is 8.12. The van der Waals surface area contributed by atoms with Crippen molar-refractivity contribution in [2.24, 2.45) is 0 Å². The Labute approximate surface area is 183 Å². The summed E-state index contributed by atoms with van der Waals surface area (Å²) in [5.41, 5.74) is 5.60. The number of H-pyrrole nitrogens is 1. The predicted molar refractivity (Wildman–Crippen MR) is 125 cm³/mol. The second-order valence-corrected chi connectivity index (χ2v) is 8.95. The highest BCUT2D eigenvalue weighted by atomic mass is 32.2. The van der Waals surface area contributed by atoms with Crippen LogP contribution in [-0.2, 0) is 5.75 Å². The van der Waals surface area contributed by atoms with Crippen LogP contribution in [0, 0.1) is 13.8 Å². The normalized spacial score (nSPS) is 11.2. The molecule has 1 N–H and O–H groups in total. The Kier molecular flexibility index (Phi) is 6.20. The van der Waals surface area contributed by atoms with Gasteiger partial charge in [-0.1, -0.05) is 36.9 Å². The molecule has 154 valence electrons. The molecule has 0 bridgehead atoms. The molecule has 0 saturated carbocycles. The first-order chi connectivity index (χ1) is 14.6. The van der Waals surface area contributed by atoms with E-state index >= 15 is 0 Å². The molecule has 30 heavy (non-hydrogen) atoms. The van der Waals surface area contributed by atoms with E-state index in [2.05, 4.69) is 52.4 Å². The maximum absolute atomic E-state index is 12.2. The van der Waals surface area contributed by atoms with E-state index < -0.39 is 0 Å². The molecule has 0 fully saturated rings. The molecule has 7 heteroatoms. The largest absolute Gasteiger partial charge is 0.488 e. The number of nitrogens with zero attached hydrogens (tertiary/aromatic N) is 2. The van der Waals surface area contributed by atoms with Gasteiger partial charge in [-0.15, -0.1) is 11.3 Å². The van der Waals surface area contributed by atoms with Crippen molar-refractivity contribution in [2.75, 3.05) is 6.61 Å². The van der Waals surface area contributed by atoms with Crippen LogP contribution >= 0.6 is 23.1 Å². The molecule has 0 aliphatic heterocycles.